The van der Waals surface area contributed by atoms with Crippen LogP contribution < -0.4 is 5.32 Å². The molecule has 0 aromatic carbocycles. The molecule has 0 radical (unpaired) electrons. The first-order chi connectivity index (χ1) is 8.99. The molecular weight excluding hydrogens is 256 g/mol. The Morgan fingerprint density at radius 2 is 2.00 bits per heavy atom. The first-order valence-corrected chi connectivity index (χ1v) is 7.90. The van der Waals surface area contributed by atoms with Crippen LogP contribution in [0.15, 0.2) is 5.51 Å². The number of rotatable bonds is 5. The van der Waals surface area contributed by atoms with Crippen molar-refractivity contribution in [2.75, 3.05) is 39.8 Å². The van der Waals surface area contributed by atoms with Gasteiger partial charge in [-0.3, -0.25) is 4.90 Å². The molecule has 1 N–H and O–H groups in total. The van der Waals surface area contributed by atoms with Crippen molar-refractivity contribution in [2.24, 2.45) is 0 Å². The van der Waals surface area contributed by atoms with Crippen LogP contribution in [0.25, 0.3) is 0 Å². The van der Waals surface area contributed by atoms with Crippen molar-refractivity contribution in [3.05, 3.63) is 16.1 Å². The third-order valence-corrected chi connectivity index (χ3v) is 4.98. The minimum Gasteiger partial charge on any atom is -0.310 e. The summed E-state index contributed by atoms with van der Waals surface area (Å²) in [6.07, 6.45) is 0. The van der Waals surface area contributed by atoms with E-state index in [1.165, 1.54) is 31.1 Å². The summed E-state index contributed by atoms with van der Waals surface area (Å²) in [6, 6.07) is 0. The molecule has 1 fully saturated rings. The second-order valence-corrected chi connectivity index (χ2v) is 7.01. The molecule has 0 aliphatic carbocycles. The number of hydrogen-bond donors (Lipinski definition) is 1. The molecule has 1 saturated heterocycles. The van der Waals surface area contributed by atoms with Gasteiger partial charge in [-0.15, -0.1) is 11.3 Å². The summed E-state index contributed by atoms with van der Waals surface area (Å²) in [5.74, 6) is 0. The molecule has 0 bridgehead atoms. The average Bonchev–Trinajstić information content (AvgIpc) is 2.75. The number of piperazine rings is 1. The van der Waals surface area contributed by atoms with Gasteiger partial charge in [0.25, 0.3) is 0 Å². The van der Waals surface area contributed by atoms with Crippen molar-refractivity contribution in [1.82, 2.24) is 20.1 Å². The van der Waals surface area contributed by atoms with Crippen LogP contribution in [0.5, 0.6) is 0 Å². The molecule has 2 heterocycles. The van der Waals surface area contributed by atoms with Gasteiger partial charge in [0.05, 0.1) is 11.2 Å². The zero-order chi connectivity index (χ0) is 13.9. The average molecular weight is 282 g/mol. The molecule has 2 rings (SSSR count). The fraction of sp³-hybridized carbons (Fsp3) is 0.786. The topological polar surface area (TPSA) is 31.4 Å². The summed E-state index contributed by atoms with van der Waals surface area (Å²) in [7, 11) is 2.20. The lowest BCUT2D eigenvalue weighted by atomic mass is 10.0. The monoisotopic (exact) mass is 282 g/mol. The Kier molecular flexibility index (Phi) is 4.95. The number of likely N-dealkylation sites (N-methyl/N-ethyl adjacent to an activating group) is 1. The lowest BCUT2D eigenvalue weighted by Gasteiger charge is -2.43. The number of nitrogens with zero attached hydrogens (tertiary/aromatic N) is 3. The minimum absolute atomic E-state index is 0.222. The molecule has 0 atom stereocenters. The van der Waals surface area contributed by atoms with Gasteiger partial charge in [-0.25, -0.2) is 4.98 Å². The molecular formula is C14H26N4S. The first-order valence-electron chi connectivity index (χ1n) is 7.02. The van der Waals surface area contributed by atoms with E-state index < -0.39 is 0 Å². The maximum Gasteiger partial charge on any atom is 0.0798 e. The lowest BCUT2D eigenvalue weighted by molar-refractivity contribution is 0.0618. The molecule has 1 aliphatic heterocycles. The minimum atomic E-state index is 0.222. The normalized spacial score (nSPS) is 18.9. The highest BCUT2D eigenvalue weighted by Gasteiger charge is 2.28. The highest BCUT2D eigenvalue weighted by Crippen LogP contribution is 2.17. The second kappa shape index (κ2) is 6.31. The van der Waals surface area contributed by atoms with E-state index in [-0.39, 0.29) is 5.54 Å². The number of hydrogen-bond acceptors (Lipinski definition) is 5. The lowest BCUT2D eigenvalue weighted by Crippen LogP contribution is -2.57. The number of aromatic nitrogens is 1. The quantitative estimate of drug-likeness (QED) is 0.888. The fourth-order valence-corrected chi connectivity index (χ4v) is 3.25. The van der Waals surface area contributed by atoms with Gasteiger partial charge in [-0.2, -0.15) is 0 Å². The van der Waals surface area contributed by atoms with E-state index in [0.29, 0.717) is 0 Å². The Bertz CT molecular complexity index is 394. The van der Waals surface area contributed by atoms with Gasteiger partial charge < -0.3 is 10.2 Å². The third kappa shape index (κ3) is 3.99. The summed E-state index contributed by atoms with van der Waals surface area (Å²) in [4.78, 5) is 10.6. The standard InChI is InChI=1S/C14H26N4S/c1-12-13(19-11-16-12)9-15-10-14(2,3)18-7-5-17(4)6-8-18/h11,15H,5-10H2,1-4H3. The van der Waals surface area contributed by atoms with E-state index in [1.54, 1.807) is 11.3 Å². The largest absolute Gasteiger partial charge is 0.310 e. The van der Waals surface area contributed by atoms with E-state index in [2.05, 4.69) is 47.9 Å². The van der Waals surface area contributed by atoms with Crippen molar-refractivity contribution in [2.45, 2.75) is 32.9 Å². The Morgan fingerprint density at radius 1 is 1.32 bits per heavy atom. The van der Waals surface area contributed by atoms with Crippen molar-refractivity contribution in [3.63, 3.8) is 0 Å². The van der Waals surface area contributed by atoms with Gasteiger partial charge in [0.1, 0.15) is 0 Å². The van der Waals surface area contributed by atoms with Crippen molar-refractivity contribution in [1.29, 1.82) is 0 Å². The van der Waals surface area contributed by atoms with E-state index >= 15 is 0 Å². The van der Waals surface area contributed by atoms with Gasteiger partial charge in [0.2, 0.25) is 0 Å². The van der Waals surface area contributed by atoms with Crippen LogP contribution in [0.2, 0.25) is 0 Å². The number of nitrogens with one attached hydrogen (secondary N) is 1. The Hall–Kier alpha value is -0.490. The van der Waals surface area contributed by atoms with E-state index in [4.69, 9.17) is 0 Å². The van der Waals surface area contributed by atoms with Gasteiger partial charge in [-0.1, -0.05) is 0 Å². The summed E-state index contributed by atoms with van der Waals surface area (Å²) in [6.45, 7) is 13.4. The molecule has 1 aliphatic rings. The predicted molar refractivity (Wildman–Crippen MR) is 81.7 cm³/mol. The van der Waals surface area contributed by atoms with Crippen molar-refractivity contribution >= 4 is 11.3 Å². The van der Waals surface area contributed by atoms with Crippen LogP contribution in [-0.2, 0) is 6.54 Å². The van der Waals surface area contributed by atoms with Gasteiger partial charge in [0, 0.05) is 49.7 Å². The Labute approximate surface area is 120 Å². The number of aryl methyl sites for hydroxylation is 1. The summed E-state index contributed by atoms with van der Waals surface area (Å²) in [5.41, 5.74) is 3.31. The third-order valence-electron chi connectivity index (χ3n) is 4.05. The first kappa shape index (κ1) is 14.9. The Balaban J connectivity index is 1.79. The predicted octanol–water partition coefficient (Wildman–Crippen LogP) is 1.57. The van der Waals surface area contributed by atoms with Crippen LogP contribution >= 0.6 is 11.3 Å². The van der Waals surface area contributed by atoms with Crippen LogP contribution in [0.1, 0.15) is 24.4 Å². The molecule has 0 unspecified atom stereocenters. The van der Waals surface area contributed by atoms with Gasteiger partial charge >= 0.3 is 0 Å². The van der Waals surface area contributed by atoms with Gasteiger partial charge in [0.15, 0.2) is 0 Å². The smallest absolute Gasteiger partial charge is 0.0798 e. The molecule has 1 aromatic heterocycles. The highest BCUT2D eigenvalue weighted by molar-refractivity contribution is 7.09. The molecule has 1 aromatic rings. The van der Waals surface area contributed by atoms with Crippen molar-refractivity contribution < 1.29 is 0 Å². The molecule has 0 saturated carbocycles. The number of thiazole rings is 1. The van der Waals surface area contributed by atoms with Crippen LogP contribution in [0, 0.1) is 6.92 Å². The van der Waals surface area contributed by atoms with Crippen LogP contribution in [0.4, 0.5) is 0 Å². The van der Waals surface area contributed by atoms with Gasteiger partial charge in [-0.05, 0) is 27.8 Å². The zero-order valence-corrected chi connectivity index (χ0v) is 13.4. The van der Waals surface area contributed by atoms with E-state index in [1.807, 2.05) is 5.51 Å². The summed E-state index contributed by atoms with van der Waals surface area (Å²) >= 11 is 1.74. The second-order valence-electron chi connectivity index (χ2n) is 6.07. The van der Waals surface area contributed by atoms with Crippen LogP contribution in [0.3, 0.4) is 0 Å². The van der Waals surface area contributed by atoms with Crippen LogP contribution in [-0.4, -0.2) is 60.1 Å². The van der Waals surface area contributed by atoms with Crippen molar-refractivity contribution in [3.8, 4) is 0 Å². The molecule has 0 spiro atoms. The summed E-state index contributed by atoms with van der Waals surface area (Å²) in [5, 5.41) is 3.59. The van der Waals surface area contributed by atoms with E-state index in [9.17, 15) is 0 Å². The Morgan fingerprint density at radius 3 is 2.58 bits per heavy atom. The highest BCUT2D eigenvalue weighted by atomic mass is 32.1. The zero-order valence-electron chi connectivity index (χ0n) is 12.6. The SMILES string of the molecule is Cc1ncsc1CNCC(C)(C)N1CCN(C)CC1. The molecule has 0 amide bonds. The van der Waals surface area contributed by atoms with E-state index in [0.717, 1.165) is 18.8 Å². The maximum atomic E-state index is 4.29. The molecule has 5 heteroatoms. The molecule has 19 heavy (non-hydrogen) atoms. The fourth-order valence-electron chi connectivity index (χ4n) is 2.50. The summed E-state index contributed by atoms with van der Waals surface area (Å²) < 4.78 is 0. The molecule has 4 nitrogen and oxygen atoms in total. The molecule has 108 valence electrons. The maximum absolute atomic E-state index is 4.29.